The van der Waals surface area contributed by atoms with E-state index in [4.69, 9.17) is 0 Å². The predicted molar refractivity (Wildman–Crippen MR) is 42.8 cm³/mol. The highest BCUT2D eigenvalue weighted by Crippen LogP contribution is 2.23. The lowest BCUT2D eigenvalue weighted by Gasteiger charge is -2.16. The highest BCUT2D eigenvalue weighted by Gasteiger charge is 2.24. The maximum atomic E-state index is 3.46. The van der Waals surface area contributed by atoms with Crippen molar-refractivity contribution >= 4 is 0 Å². The van der Waals surface area contributed by atoms with Crippen molar-refractivity contribution in [2.24, 2.45) is 5.92 Å². The Morgan fingerprint density at radius 1 is 1.60 bits per heavy atom. The summed E-state index contributed by atoms with van der Waals surface area (Å²) in [4.78, 5) is 0. The maximum Gasteiger partial charge on any atom is 0.0319 e. The first-order valence-electron chi connectivity index (χ1n) is 3.96. The van der Waals surface area contributed by atoms with Crippen LogP contribution < -0.4 is 5.32 Å². The quantitative estimate of drug-likeness (QED) is 0.530. The molecule has 0 radical (unpaired) electrons. The SMILES string of the molecule is CC1=CC2NCCC2C=C1. The predicted octanol–water partition coefficient (Wildman–Crippen LogP) is 1.48. The molecule has 0 saturated carbocycles. The lowest BCUT2D eigenvalue weighted by molar-refractivity contribution is 0.608. The minimum Gasteiger partial charge on any atom is -0.310 e. The van der Waals surface area contributed by atoms with Crippen LogP contribution in [0.5, 0.6) is 0 Å². The first-order chi connectivity index (χ1) is 4.86. The Kier molecular flexibility index (Phi) is 1.38. The van der Waals surface area contributed by atoms with Crippen LogP contribution in [0.15, 0.2) is 23.8 Å². The summed E-state index contributed by atoms with van der Waals surface area (Å²) in [6, 6.07) is 0.644. The summed E-state index contributed by atoms with van der Waals surface area (Å²) in [5.74, 6) is 0.781. The minimum absolute atomic E-state index is 0.644. The van der Waals surface area contributed by atoms with E-state index in [0.29, 0.717) is 6.04 Å². The molecule has 0 aromatic rings. The third-order valence-electron chi connectivity index (χ3n) is 2.37. The summed E-state index contributed by atoms with van der Waals surface area (Å²) in [5, 5.41) is 3.46. The van der Waals surface area contributed by atoms with Gasteiger partial charge in [0.25, 0.3) is 0 Å². The lowest BCUT2D eigenvalue weighted by Crippen LogP contribution is -2.25. The van der Waals surface area contributed by atoms with Crippen molar-refractivity contribution in [2.45, 2.75) is 19.4 Å². The molecule has 0 amide bonds. The zero-order chi connectivity index (χ0) is 6.97. The number of allylic oxidation sites excluding steroid dienone is 2. The van der Waals surface area contributed by atoms with Gasteiger partial charge in [0.05, 0.1) is 0 Å². The number of nitrogens with one attached hydrogen (secondary N) is 1. The standard InChI is InChI=1S/C9H13N/c1-7-2-3-8-4-5-10-9(8)6-7/h2-3,6,8-10H,4-5H2,1H3. The smallest absolute Gasteiger partial charge is 0.0319 e. The van der Waals surface area contributed by atoms with Crippen LogP contribution in [0.2, 0.25) is 0 Å². The first kappa shape index (κ1) is 6.17. The van der Waals surface area contributed by atoms with Crippen molar-refractivity contribution in [1.82, 2.24) is 5.32 Å². The van der Waals surface area contributed by atoms with Crippen molar-refractivity contribution in [1.29, 1.82) is 0 Å². The normalized spacial score (nSPS) is 37.5. The van der Waals surface area contributed by atoms with Gasteiger partial charge in [-0.1, -0.05) is 23.8 Å². The monoisotopic (exact) mass is 135 g/mol. The molecule has 1 heteroatoms. The molecule has 2 rings (SSSR count). The Bertz CT molecular complexity index is 191. The van der Waals surface area contributed by atoms with Crippen molar-refractivity contribution in [2.75, 3.05) is 6.54 Å². The van der Waals surface area contributed by atoms with Crippen molar-refractivity contribution < 1.29 is 0 Å². The molecule has 10 heavy (non-hydrogen) atoms. The van der Waals surface area contributed by atoms with Gasteiger partial charge in [-0.25, -0.2) is 0 Å². The number of hydrogen-bond donors (Lipinski definition) is 1. The van der Waals surface area contributed by atoms with Gasteiger partial charge < -0.3 is 5.32 Å². The van der Waals surface area contributed by atoms with E-state index in [1.54, 1.807) is 0 Å². The molecular formula is C9H13N. The number of hydrogen-bond acceptors (Lipinski definition) is 1. The Morgan fingerprint density at radius 2 is 2.50 bits per heavy atom. The van der Waals surface area contributed by atoms with E-state index in [0.717, 1.165) is 5.92 Å². The van der Waals surface area contributed by atoms with Crippen LogP contribution >= 0.6 is 0 Å². The molecule has 0 aromatic carbocycles. The summed E-state index contributed by atoms with van der Waals surface area (Å²) in [6.45, 7) is 3.34. The van der Waals surface area contributed by atoms with E-state index in [-0.39, 0.29) is 0 Å². The van der Waals surface area contributed by atoms with Crippen molar-refractivity contribution in [3.8, 4) is 0 Å². The third kappa shape index (κ3) is 0.907. The molecule has 2 unspecified atom stereocenters. The Labute approximate surface area is 61.8 Å². The van der Waals surface area contributed by atoms with E-state index < -0.39 is 0 Å². The molecule has 1 nitrogen and oxygen atoms in total. The van der Waals surface area contributed by atoms with Crippen LogP contribution in [-0.4, -0.2) is 12.6 Å². The minimum atomic E-state index is 0.644. The second-order valence-corrected chi connectivity index (χ2v) is 3.20. The van der Waals surface area contributed by atoms with Gasteiger partial charge in [0, 0.05) is 6.04 Å². The molecular weight excluding hydrogens is 122 g/mol. The molecule has 1 aliphatic heterocycles. The van der Waals surface area contributed by atoms with Gasteiger partial charge in [0.2, 0.25) is 0 Å². The van der Waals surface area contributed by atoms with Crippen molar-refractivity contribution in [3.05, 3.63) is 23.8 Å². The maximum absolute atomic E-state index is 3.46. The van der Waals surface area contributed by atoms with E-state index in [2.05, 4.69) is 30.5 Å². The summed E-state index contributed by atoms with van der Waals surface area (Å²) in [6.07, 6.45) is 8.21. The van der Waals surface area contributed by atoms with Gasteiger partial charge in [-0.05, 0) is 25.8 Å². The van der Waals surface area contributed by atoms with Crippen molar-refractivity contribution in [3.63, 3.8) is 0 Å². The first-order valence-corrected chi connectivity index (χ1v) is 3.96. The van der Waals surface area contributed by atoms with E-state index >= 15 is 0 Å². The zero-order valence-corrected chi connectivity index (χ0v) is 6.30. The zero-order valence-electron chi connectivity index (χ0n) is 6.30. The third-order valence-corrected chi connectivity index (χ3v) is 2.37. The fourth-order valence-electron chi connectivity index (χ4n) is 1.76. The van der Waals surface area contributed by atoms with Gasteiger partial charge in [-0.3, -0.25) is 0 Å². The van der Waals surface area contributed by atoms with Crippen LogP contribution in [0, 0.1) is 5.92 Å². The largest absolute Gasteiger partial charge is 0.310 e. The Hall–Kier alpha value is -0.560. The Balaban J connectivity index is 2.20. The Morgan fingerprint density at radius 3 is 3.40 bits per heavy atom. The highest BCUT2D eigenvalue weighted by atomic mass is 14.9. The molecule has 54 valence electrons. The lowest BCUT2D eigenvalue weighted by atomic mass is 9.93. The average molecular weight is 135 g/mol. The van der Waals surface area contributed by atoms with Gasteiger partial charge in [-0.2, -0.15) is 0 Å². The summed E-state index contributed by atoms with van der Waals surface area (Å²) < 4.78 is 0. The fraction of sp³-hybridized carbons (Fsp3) is 0.556. The number of rotatable bonds is 0. The molecule has 1 saturated heterocycles. The molecule has 1 heterocycles. The highest BCUT2D eigenvalue weighted by molar-refractivity contribution is 5.26. The van der Waals surface area contributed by atoms with Crippen LogP contribution in [0.1, 0.15) is 13.3 Å². The van der Waals surface area contributed by atoms with Crippen LogP contribution in [0.3, 0.4) is 0 Å². The molecule has 1 fully saturated rings. The second-order valence-electron chi connectivity index (χ2n) is 3.20. The molecule has 0 spiro atoms. The van der Waals surface area contributed by atoms with Gasteiger partial charge in [-0.15, -0.1) is 0 Å². The molecule has 1 aliphatic carbocycles. The van der Waals surface area contributed by atoms with Gasteiger partial charge in [0.1, 0.15) is 0 Å². The molecule has 2 atom stereocenters. The molecule has 1 N–H and O–H groups in total. The fourth-order valence-corrected chi connectivity index (χ4v) is 1.76. The molecule has 0 aromatic heterocycles. The van der Waals surface area contributed by atoms with E-state index in [9.17, 15) is 0 Å². The van der Waals surface area contributed by atoms with Crippen LogP contribution in [0.25, 0.3) is 0 Å². The summed E-state index contributed by atoms with van der Waals surface area (Å²) in [7, 11) is 0. The average Bonchev–Trinajstić information content (AvgIpc) is 2.33. The van der Waals surface area contributed by atoms with Gasteiger partial charge in [0.15, 0.2) is 0 Å². The molecule has 2 aliphatic rings. The van der Waals surface area contributed by atoms with E-state index in [1.807, 2.05) is 0 Å². The summed E-state index contributed by atoms with van der Waals surface area (Å²) in [5.41, 5.74) is 1.40. The topological polar surface area (TPSA) is 12.0 Å². The second kappa shape index (κ2) is 2.24. The van der Waals surface area contributed by atoms with Gasteiger partial charge >= 0.3 is 0 Å². The summed E-state index contributed by atoms with van der Waals surface area (Å²) >= 11 is 0. The number of fused-ring (bicyclic) bond motifs is 1. The van der Waals surface area contributed by atoms with E-state index in [1.165, 1.54) is 18.5 Å². The van der Waals surface area contributed by atoms with Crippen LogP contribution in [0.4, 0.5) is 0 Å². The van der Waals surface area contributed by atoms with Crippen LogP contribution in [-0.2, 0) is 0 Å². The molecule has 0 bridgehead atoms.